The maximum Gasteiger partial charge on any atom is 0.197 e. The Morgan fingerprint density at radius 3 is 2.16 bits per heavy atom. The molecule has 2 aromatic carbocycles. The van der Waals surface area contributed by atoms with E-state index >= 15 is 0 Å². The molecular formula is C29H27NO2. The first kappa shape index (κ1) is 21.5. The van der Waals surface area contributed by atoms with Crippen molar-refractivity contribution >= 4 is 17.3 Å². The van der Waals surface area contributed by atoms with Crippen molar-refractivity contribution in [3.63, 3.8) is 0 Å². The molecule has 4 rings (SSSR count). The van der Waals surface area contributed by atoms with Gasteiger partial charge in [0.15, 0.2) is 11.6 Å². The van der Waals surface area contributed by atoms with Gasteiger partial charge in [0.25, 0.3) is 0 Å². The molecule has 3 nitrogen and oxygen atoms in total. The van der Waals surface area contributed by atoms with Crippen molar-refractivity contribution in [3.8, 4) is 0 Å². The molecule has 2 aliphatic rings. The Balaban J connectivity index is 1.62. The number of ketones is 2. The normalized spacial score (nSPS) is 15.8. The van der Waals surface area contributed by atoms with E-state index in [1.807, 2.05) is 30.4 Å². The van der Waals surface area contributed by atoms with Crippen LogP contribution in [0, 0.1) is 0 Å². The van der Waals surface area contributed by atoms with Gasteiger partial charge in [0.2, 0.25) is 0 Å². The maximum atomic E-state index is 12.7. The monoisotopic (exact) mass is 421 g/mol. The zero-order valence-electron chi connectivity index (χ0n) is 18.4. The van der Waals surface area contributed by atoms with Gasteiger partial charge in [0, 0.05) is 28.2 Å². The molecule has 2 aliphatic carbocycles. The lowest BCUT2D eigenvalue weighted by atomic mass is 9.97. The van der Waals surface area contributed by atoms with Crippen LogP contribution in [0.1, 0.15) is 53.3 Å². The molecule has 0 heterocycles. The van der Waals surface area contributed by atoms with Crippen LogP contribution in [0.15, 0.2) is 114 Å². The lowest BCUT2D eigenvalue weighted by Crippen LogP contribution is -2.21. The average molecular weight is 422 g/mol. The third kappa shape index (κ3) is 4.33. The van der Waals surface area contributed by atoms with E-state index < -0.39 is 0 Å². The summed E-state index contributed by atoms with van der Waals surface area (Å²) < 4.78 is 0. The van der Waals surface area contributed by atoms with Gasteiger partial charge in [0.05, 0.1) is 5.57 Å². The Morgan fingerprint density at radius 1 is 0.906 bits per heavy atom. The van der Waals surface area contributed by atoms with Crippen molar-refractivity contribution in [1.82, 2.24) is 0 Å². The number of carbonyl (C=O) groups excluding carboxylic acids is 2. The molecule has 0 radical (unpaired) electrons. The molecule has 0 aromatic heterocycles. The number of hydrogen-bond donors (Lipinski definition) is 0. The van der Waals surface area contributed by atoms with Gasteiger partial charge < -0.3 is 4.90 Å². The number of fused-ring (bicyclic) bond motifs is 1. The van der Waals surface area contributed by atoms with Gasteiger partial charge >= 0.3 is 0 Å². The molecule has 0 N–H and O–H groups in total. The van der Waals surface area contributed by atoms with Gasteiger partial charge in [-0.3, -0.25) is 9.59 Å². The van der Waals surface area contributed by atoms with Crippen LogP contribution >= 0.6 is 0 Å². The highest BCUT2D eigenvalue weighted by Gasteiger charge is 2.32. The van der Waals surface area contributed by atoms with E-state index in [-0.39, 0.29) is 17.1 Å². The first-order valence-electron chi connectivity index (χ1n) is 11.0. The molecule has 3 heteroatoms. The number of benzene rings is 2. The van der Waals surface area contributed by atoms with Gasteiger partial charge in [-0.05, 0) is 62.5 Å². The second-order valence-electron chi connectivity index (χ2n) is 8.04. The second kappa shape index (κ2) is 9.61. The third-order valence-electron chi connectivity index (χ3n) is 5.86. The van der Waals surface area contributed by atoms with Crippen LogP contribution in [0.5, 0.6) is 0 Å². The van der Waals surface area contributed by atoms with Crippen LogP contribution in [0.2, 0.25) is 0 Å². The molecule has 0 spiro atoms. The molecule has 0 aliphatic heterocycles. The Morgan fingerprint density at radius 2 is 1.56 bits per heavy atom. The average Bonchev–Trinajstić information content (AvgIpc) is 3.06. The number of allylic oxidation sites excluding steroid dienone is 9. The lowest BCUT2D eigenvalue weighted by Gasteiger charge is -2.30. The fourth-order valence-electron chi connectivity index (χ4n) is 4.21. The number of Topliss-reactive ketones (excluding diaryl/α,β-unsaturated/α-hetero) is 2. The van der Waals surface area contributed by atoms with Crippen molar-refractivity contribution in [1.29, 1.82) is 0 Å². The minimum atomic E-state index is -0.173. The third-order valence-corrected chi connectivity index (χ3v) is 5.86. The lowest BCUT2D eigenvalue weighted by molar-refractivity contribution is 0.0988. The number of para-hydroxylation sites is 1. The van der Waals surface area contributed by atoms with Gasteiger partial charge in [-0.1, -0.05) is 60.7 Å². The Kier molecular flexibility index (Phi) is 6.46. The molecule has 160 valence electrons. The van der Waals surface area contributed by atoms with Crippen molar-refractivity contribution in [3.05, 3.63) is 125 Å². The topological polar surface area (TPSA) is 37.4 Å². The summed E-state index contributed by atoms with van der Waals surface area (Å²) in [5.74, 6) is -0.346. The van der Waals surface area contributed by atoms with Crippen LogP contribution in [0.3, 0.4) is 0 Å². The molecule has 0 fully saturated rings. The summed E-state index contributed by atoms with van der Waals surface area (Å²) in [6.45, 7) is 5.94. The predicted octanol–water partition coefficient (Wildman–Crippen LogP) is 6.97. The zero-order chi connectivity index (χ0) is 22.5. The second-order valence-corrected chi connectivity index (χ2v) is 8.04. The zero-order valence-corrected chi connectivity index (χ0v) is 18.4. The molecule has 0 atom stereocenters. The molecule has 0 bridgehead atoms. The molecule has 0 unspecified atom stereocenters. The highest BCUT2D eigenvalue weighted by Crippen LogP contribution is 2.32. The Labute approximate surface area is 189 Å². The summed E-state index contributed by atoms with van der Waals surface area (Å²) >= 11 is 0. The van der Waals surface area contributed by atoms with Gasteiger partial charge in [-0.25, -0.2) is 0 Å². The highest BCUT2D eigenvalue weighted by molar-refractivity contribution is 6.39. The summed E-state index contributed by atoms with van der Waals surface area (Å²) in [4.78, 5) is 27.7. The summed E-state index contributed by atoms with van der Waals surface area (Å²) in [5, 5.41) is 0. The van der Waals surface area contributed by atoms with Crippen molar-refractivity contribution in [2.75, 3.05) is 4.90 Å². The molecule has 2 aromatic rings. The smallest absolute Gasteiger partial charge is 0.197 e. The summed E-state index contributed by atoms with van der Waals surface area (Å²) in [6, 6.07) is 17.4. The number of unbranched alkanes of at least 4 members (excludes halogenated alkanes) is 1. The highest BCUT2D eigenvalue weighted by atomic mass is 16.2. The summed E-state index contributed by atoms with van der Waals surface area (Å²) in [7, 11) is 0. The van der Waals surface area contributed by atoms with E-state index in [9.17, 15) is 9.59 Å². The molecule has 0 amide bonds. The fourth-order valence-corrected chi connectivity index (χ4v) is 4.21. The molecule has 0 saturated heterocycles. The number of rotatable bonds is 7. The SMILES string of the molecule is C=CCCC=C(C)N(C1=CC=C(C=C2C(=O)c3ccccc3C2=O)CC1)c1ccccc1. The molecule has 32 heavy (non-hydrogen) atoms. The van der Waals surface area contributed by atoms with E-state index in [4.69, 9.17) is 0 Å². The minimum Gasteiger partial charge on any atom is -0.319 e. The predicted molar refractivity (Wildman–Crippen MR) is 131 cm³/mol. The number of anilines is 1. The van der Waals surface area contributed by atoms with Crippen molar-refractivity contribution < 1.29 is 9.59 Å². The van der Waals surface area contributed by atoms with Gasteiger partial charge in [0.1, 0.15) is 0 Å². The minimum absolute atomic E-state index is 0.173. The van der Waals surface area contributed by atoms with Crippen LogP contribution in [-0.4, -0.2) is 11.6 Å². The number of nitrogens with zero attached hydrogens (tertiary/aromatic N) is 1. The summed E-state index contributed by atoms with van der Waals surface area (Å²) in [6.07, 6.45) is 13.6. The summed E-state index contributed by atoms with van der Waals surface area (Å²) in [5.41, 5.74) is 5.78. The van der Waals surface area contributed by atoms with E-state index in [1.54, 1.807) is 30.3 Å². The van der Waals surface area contributed by atoms with Crippen LogP contribution in [-0.2, 0) is 0 Å². The number of carbonyl (C=O) groups is 2. The Hall–Kier alpha value is -3.72. The van der Waals surface area contributed by atoms with E-state index in [1.165, 1.54) is 11.4 Å². The van der Waals surface area contributed by atoms with Crippen LogP contribution in [0.4, 0.5) is 5.69 Å². The van der Waals surface area contributed by atoms with Crippen LogP contribution < -0.4 is 4.90 Å². The Bertz CT molecular complexity index is 1140. The first-order chi connectivity index (χ1) is 15.6. The number of hydrogen-bond acceptors (Lipinski definition) is 3. The maximum absolute atomic E-state index is 12.7. The largest absolute Gasteiger partial charge is 0.319 e. The standard InChI is InChI=1S/C29H27NO2/c1-3-4-6-11-21(2)30(23-12-7-5-8-13-23)24-18-16-22(17-19-24)20-27-28(31)25-14-9-10-15-26(25)29(27)32/h3,5,7-16,18,20H,1,4,6,17,19H2,2H3. The first-order valence-corrected chi connectivity index (χ1v) is 11.0. The van der Waals surface area contributed by atoms with Crippen molar-refractivity contribution in [2.45, 2.75) is 32.6 Å². The van der Waals surface area contributed by atoms with Crippen LogP contribution in [0.25, 0.3) is 0 Å². The van der Waals surface area contributed by atoms with E-state index in [2.05, 4.69) is 42.7 Å². The quantitative estimate of drug-likeness (QED) is 0.210. The van der Waals surface area contributed by atoms with E-state index in [0.29, 0.717) is 11.1 Å². The van der Waals surface area contributed by atoms with Gasteiger partial charge in [-0.15, -0.1) is 6.58 Å². The molecular weight excluding hydrogens is 394 g/mol. The molecule has 0 saturated carbocycles. The fraction of sp³-hybridized carbons (Fsp3) is 0.172. The van der Waals surface area contributed by atoms with Crippen molar-refractivity contribution in [2.24, 2.45) is 0 Å². The van der Waals surface area contributed by atoms with Gasteiger partial charge in [-0.2, -0.15) is 0 Å². The van der Waals surface area contributed by atoms with E-state index in [0.717, 1.165) is 36.9 Å².